The zero-order chi connectivity index (χ0) is 5.41. The van der Waals surface area contributed by atoms with E-state index in [9.17, 15) is 0 Å². The van der Waals surface area contributed by atoms with Crippen molar-refractivity contribution in [3.63, 3.8) is 0 Å². The van der Waals surface area contributed by atoms with Gasteiger partial charge in [0.1, 0.15) is 0 Å². The Labute approximate surface area is 40.9 Å². The molecule has 0 radical (unpaired) electrons. The summed E-state index contributed by atoms with van der Waals surface area (Å²) in [6, 6.07) is 0. The molecule has 0 bridgehead atoms. The van der Waals surface area contributed by atoms with Crippen molar-refractivity contribution in [3.8, 4) is 0 Å². The Morgan fingerprint density at radius 3 is 1.71 bits per heavy atom. The zero-order valence-electron chi connectivity index (χ0n) is 5.11. The van der Waals surface area contributed by atoms with Crippen LogP contribution in [0.5, 0.6) is 0 Å². The van der Waals surface area contributed by atoms with Crippen LogP contribution in [0.2, 0.25) is 0 Å². The molecule has 0 spiro atoms. The first-order valence-corrected chi connectivity index (χ1v) is 2.12. The fraction of sp³-hybridized carbons (Fsp3) is 0.500. The second-order valence-corrected chi connectivity index (χ2v) is 0.854. The fourth-order valence-electron chi connectivity index (χ4n) is 0. The number of unbranched alkanes of at least 4 members (excludes halogenated alkanes) is 1. The molecule has 0 saturated carbocycles. The molecule has 40 valence electrons. The summed E-state index contributed by atoms with van der Waals surface area (Å²) in [5.74, 6) is 0. The molecule has 0 amide bonds. The van der Waals surface area contributed by atoms with Gasteiger partial charge in [0.15, 0.2) is 0 Å². The van der Waals surface area contributed by atoms with Crippen molar-refractivity contribution in [2.45, 2.75) is 19.8 Å². The van der Waals surface area contributed by atoms with Crippen molar-refractivity contribution < 1.29 is 0 Å². The van der Waals surface area contributed by atoms with Gasteiger partial charge in [-0.25, -0.2) is 0 Å². The SMILES string of the molecule is [CH-]=C.[CH2-]CCC.[Rf]. The molecule has 0 N–H and O–H groups in total. The Bertz CT molecular complexity index is 11.7. The molecule has 0 heterocycles. The van der Waals surface area contributed by atoms with Crippen LogP contribution in [0.3, 0.4) is 0 Å². The average Bonchev–Trinajstić information content (AvgIpc) is 1.72. The summed E-state index contributed by atoms with van der Waals surface area (Å²) in [6.07, 6.45) is 2.28. The van der Waals surface area contributed by atoms with E-state index in [0.29, 0.717) is 0 Å². The maximum Gasteiger partial charge on any atom is 0 e. The molecule has 1 heteroatoms. The first-order valence-electron chi connectivity index (χ1n) is 2.12. The molecule has 0 aliphatic rings. The van der Waals surface area contributed by atoms with Crippen molar-refractivity contribution in [3.05, 3.63) is 20.1 Å². The summed E-state index contributed by atoms with van der Waals surface area (Å²) in [7, 11) is 0. The molecule has 0 aromatic rings. The van der Waals surface area contributed by atoms with Crippen LogP contribution in [0.15, 0.2) is 6.58 Å². The smallest absolute Gasteiger partial charge is 0 e. The van der Waals surface area contributed by atoms with Gasteiger partial charge in [-0.05, 0) is 0 Å². The quantitative estimate of drug-likeness (QED) is 0.636. The monoisotopic (exact) mass is 351 g/mol. The Morgan fingerprint density at radius 2 is 1.71 bits per heavy atom. The first kappa shape index (κ1) is 17.2. The largest absolute Gasteiger partial charge is 0.521 e. The summed E-state index contributed by atoms with van der Waals surface area (Å²) >= 11 is 0. The molecular weight excluding hydrogens is 339 g/mol. The van der Waals surface area contributed by atoms with Crippen molar-refractivity contribution in [1.82, 2.24) is 0 Å². The van der Waals surface area contributed by atoms with Gasteiger partial charge < -0.3 is 13.5 Å². The third kappa shape index (κ3) is 526. The Kier molecular flexibility index (Phi) is 297. The number of hydrogen-bond donors (Lipinski definition) is 0. The minimum Gasteiger partial charge on any atom is -0.521 e. The van der Waals surface area contributed by atoms with Crippen LogP contribution in [-0.2, 0) is 0 Å². The van der Waals surface area contributed by atoms with Gasteiger partial charge in [-0.1, -0.05) is 13.3 Å². The van der Waals surface area contributed by atoms with E-state index in [2.05, 4.69) is 27.0 Å². The van der Waals surface area contributed by atoms with Crippen LogP contribution >= 0.6 is 0 Å². The molecule has 0 nitrogen and oxygen atoms in total. The van der Waals surface area contributed by atoms with E-state index in [1.54, 1.807) is 0 Å². The third-order valence-corrected chi connectivity index (χ3v) is 0.354. The van der Waals surface area contributed by atoms with Gasteiger partial charge in [0.2, 0.25) is 0 Å². The molecule has 0 saturated heterocycles. The molecule has 0 unspecified atom stereocenters. The van der Waals surface area contributed by atoms with Crippen molar-refractivity contribution in [2.75, 3.05) is 0 Å². The Hall–Kier alpha value is -1.26. The van der Waals surface area contributed by atoms with Crippen LogP contribution in [0.4, 0.5) is 0 Å². The van der Waals surface area contributed by atoms with Gasteiger partial charge in [-0.15, -0.1) is 0 Å². The van der Waals surface area contributed by atoms with E-state index in [1.807, 2.05) is 0 Å². The fourth-order valence-corrected chi connectivity index (χ4v) is 0. The summed E-state index contributed by atoms with van der Waals surface area (Å²) < 4.78 is 0. The Morgan fingerprint density at radius 1 is 1.57 bits per heavy atom. The van der Waals surface area contributed by atoms with Crippen molar-refractivity contribution >= 4 is 0 Å². The Balaban J connectivity index is -0.0000000480. The van der Waals surface area contributed by atoms with Crippen LogP contribution in [0, 0.1) is 13.5 Å². The van der Waals surface area contributed by atoms with Crippen LogP contribution < -0.4 is 0 Å². The van der Waals surface area contributed by atoms with Gasteiger partial charge in [0.25, 0.3) is 0 Å². The molecule has 0 aromatic heterocycles. The summed E-state index contributed by atoms with van der Waals surface area (Å²) in [6.45, 7) is 12.7. The molecule has 0 aromatic carbocycles. The first-order chi connectivity index (χ1) is 2.91. The molecule has 0 rings (SSSR count). The van der Waals surface area contributed by atoms with E-state index in [1.165, 1.54) is 6.42 Å². The van der Waals surface area contributed by atoms with Crippen LogP contribution in [0.1, 0.15) is 19.8 Å². The minimum atomic E-state index is 0. The van der Waals surface area contributed by atoms with Gasteiger partial charge in [0, 0.05) is 0 Å². The predicted octanol–water partition coefficient (Wildman–Crippen LogP) is 2.23. The van der Waals surface area contributed by atoms with E-state index in [4.69, 9.17) is 0 Å². The van der Waals surface area contributed by atoms with Crippen LogP contribution in [0.25, 0.3) is 0 Å². The predicted molar refractivity (Wildman–Crippen MR) is 30.2 cm³/mol. The van der Waals surface area contributed by atoms with Crippen molar-refractivity contribution in [2.24, 2.45) is 0 Å². The van der Waals surface area contributed by atoms with Crippen LogP contribution in [-0.4, -0.2) is 0 Å². The standard InChI is InChI=1S/C4H9.C2H3.Rf/c1-3-4-2;1-2;/h1,3-4H2,2H3;1H,2H2;/q2*-1;. The number of hydrogen-bond acceptors (Lipinski definition) is 0. The summed E-state index contributed by atoms with van der Waals surface area (Å²) in [5.41, 5.74) is 0. The maximum absolute atomic E-state index is 4.25. The van der Waals surface area contributed by atoms with Gasteiger partial charge in [0.05, 0.1) is 0 Å². The molecule has 7 heavy (non-hydrogen) atoms. The molecule has 0 aliphatic carbocycles. The molecule has 0 aliphatic heterocycles. The second-order valence-electron chi connectivity index (χ2n) is 0.854. The zero-order valence-corrected chi connectivity index (χ0v) is 11.5. The van der Waals surface area contributed by atoms with E-state index in [-0.39, 0.29) is 0 Å². The molecule has 0 atom stereocenters. The maximum atomic E-state index is 4.25. The molecular formula is C6H12Rf-2. The minimum absolute atomic E-state index is 0. The summed E-state index contributed by atoms with van der Waals surface area (Å²) in [5, 5.41) is 0. The van der Waals surface area contributed by atoms with Gasteiger partial charge in [-0.3, -0.25) is 6.58 Å². The molecule has 0 fully saturated rings. The van der Waals surface area contributed by atoms with E-state index < -0.39 is 0 Å². The third-order valence-electron chi connectivity index (χ3n) is 0.354. The van der Waals surface area contributed by atoms with E-state index in [0.717, 1.165) is 6.42 Å². The average molecular weight is 351 g/mol. The van der Waals surface area contributed by atoms with Crippen molar-refractivity contribution in [1.29, 1.82) is 0 Å². The van der Waals surface area contributed by atoms with Gasteiger partial charge in [-0.2, -0.15) is 6.42 Å². The second kappa shape index (κ2) is 121. The van der Waals surface area contributed by atoms with Gasteiger partial charge >= 0.3 is 0 Å². The van der Waals surface area contributed by atoms with E-state index >= 15 is 0 Å². The summed E-state index contributed by atoms with van der Waals surface area (Å²) in [4.78, 5) is 0. The normalized spacial score (nSPS) is 4.86. The number of rotatable bonds is 1. The topological polar surface area (TPSA) is 0 Å².